The zero-order chi connectivity index (χ0) is 14.4. The maximum absolute atomic E-state index is 10.9. The molecule has 1 aliphatic rings. The van der Waals surface area contributed by atoms with Gasteiger partial charge in [-0.3, -0.25) is 15.0 Å². The summed E-state index contributed by atoms with van der Waals surface area (Å²) in [6, 6.07) is 0. The number of nitrogens with zero attached hydrogens (tertiary/aromatic N) is 4. The lowest BCUT2D eigenvalue weighted by molar-refractivity contribution is -0.384. The Morgan fingerprint density at radius 2 is 2.25 bits per heavy atom. The molecule has 1 aromatic rings. The van der Waals surface area contributed by atoms with Crippen LogP contribution in [0.1, 0.15) is 0 Å². The molecule has 0 unspecified atom stereocenters. The van der Waals surface area contributed by atoms with Gasteiger partial charge >= 0.3 is 5.69 Å². The van der Waals surface area contributed by atoms with E-state index >= 15 is 0 Å². The predicted octanol–water partition coefficient (Wildman–Crippen LogP) is 0.887. The molecular weight excluding hydrogens is 280 g/mol. The summed E-state index contributed by atoms with van der Waals surface area (Å²) in [5, 5.41) is 16.7. The van der Waals surface area contributed by atoms with Crippen molar-refractivity contribution in [3.8, 4) is 0 Å². The van der Waals surface area contributed by atoms with Crippen molar-refractivity contribution >= 4 is 29.2 Å². The first-order valence-corrected chi connectivity index (χ1v) is 7.59. The second kappa shape index (κ2) is 7.25. The molecule has 0 saturated carbocycles. The number of nitrogens with one attached hydrogen (secondary N) is 2. The maximum atomic E-state index is 10.9. The Morgan fingerprint density at radius 1 is 1.50 bits per heavy atom. The molecule has 0 amide bonds. The smallest absolute Gasteiger partial charge is 0.329 e. The number of aromatic nitrogens is 2. The molecule has 0 aromatic carbocycles. The number of rotatable bonds is 6. The van der Waals surface area contributed by atoms with Gasteiger partial charge < -0.3 is 10.6 Å². The third-order valence-corrected chi connectivity index (χ3v) is 3.96. The fraction of sp³-hybridized carbons (Fsp3) is 0.636. The van der Waals surface area contributed by atoms with Crippen molar-refractivity contribution in [2.45, 2.75) is 0 Å². The van der Waals surface area contributed by atoms with Crippen molar-refractivity contribution in [2.75, 3.05) is 55.4 Å². The quantitative estimate of drug-likeness (QED) is 0.590. The molecular formula is C11H18N6O2S. The lowest BCUT2D eigenvalue weighted by Crippen LogP contribution is -2.36. The van der Waals surface area contributed by atoms with E-state index in [-0.39, 0.29) is 11.5 Å². The molecule has 9 heteroatoms. The van der Waals surface area contributed by atoms with Gasteiger partial charge in [0.25, 0.3) is 0 Å². The van der Waals surface area contributed by atoms with Crippen molar-refractivity contribution in [1.29, 1.82) is 0 Å². The van der Waals surface area contributed by atoms with E-state index in [2.05, 4.69) is 25.5 Å². The highest BCUT2D eigenvalue weighted by Gasteiger charge is 2.17. The van der Waals surface area contributed by atoms with Crippen molar-refractivity contribution in [2.24, 2.45) is 0 Å². The Bertz CT molecular complexity index is 466. The Kier molecular flexibility index (Phi) is 5.36. The average Bonchev–Trinajstić information content (AvgIpc) is 2.48. The minimum absolute atomic E-state index is 0.0989. The van der Waals surface area contributed by atoms with Gasteiger partial charge in [-0.25, -0.2) is 4.98 Å². The summed E-state index contributed by atoms with van der Waals surface area (Å²) < 4.78 is 0. The van der Waals surface area contributed by atoms with Crippen molar-refractivity contribution in [1.82, 2.24) is 14.9 Å². The van der Waals surface area contributed by atoms with Gasteiger partial charge in [-0.15, -0.1) is 0 Å². The molecule has 20 heavy (non-hydrogen) atoms. The normalized spacial score (nSPS) is 15.8. The van der Waals surface area contributed by atoms with E-state index in [9.17, 15) is 10.1 Å². The average molecular weight is 298 g/mol. The molecule has 2 heterocycles. The fourth-order valence-electron chi connectivity index (χ4n) is 1.92. The SMILES string of the molecule is CNc1ncc([N+](=O)[O-])c(NCCN2CCSCC2)n1. The van der Waals surface area contributed by atoms with Gasteiger partial charge in [0.1, 0.15) is 6.20 Å². The lowest BCUT2D eigenvalue weighted by Gasteiger charge is -2.26. The van der Waals surface area contributed by atoms with E-state index in [0.717, 1.165) is 31.1 Å². The number of hydrogen-bond donors (Lipinski definition) is 2. The van der Waals surface area contributed by atoms with Gasteiger partial charge in [0, 0.05) is 44.7 Å². The first-order valence-electron chi connectivity index (χ1n) is 6.44. The van der Waals surface area contributed by atoms with E-state index < -0.39 is 4.92 Å². The first kappa shape index (κ1) is 14.8. The van der Waals surface area contributed by atoms with Crippen LogP contribution in [0.15, 0.2) is 6.20 Å². The highest BCUT2D eigenvalue weighted by Crippen LogP contribution is 2.21. The van der Waals surface area contributed by atoms with E-state index in [1.165, 1.54) is 6.20 Å². The summed E-state index contributed by atoms with van der Waals surface area (Å²) in [5.74, 6) is 2.93. The van der Waals surface area contributed by atoms with Gasteiger partial charge in [0.15, 0.2) is 0 Å². The van der Waals surface area contributed by atoms with Crippen LogP contribution >= 0.6 is 11.8 Å². The summed E-state index contributed by atoms with van der Waals surface area (Å²) in [6.45, 7) is 3.63. The molecule has 0 spiro atoms. The van der Waals surface area contributed by atoms with E-state index in [1.807, 2.05) is 11.8 Å². The maximum Gasteiger partial charge on any atom is 0.329 e. The molecule has 0 bridgehead atoms. The van der Waals surface area contributed by atoms with Crippen LogP contribution in [0.25, 0.3) is 0 Å². The Hall–Kier alpha value is -1.61. The highest BCUT2D eigenvalue weighted by molar-refractivity contribution is 7.99. The Morgan fingerprint density at radius 3 is 2.90 bits per heavy atom. The van der Waals surface area contributed by atoms with Crippen LogP contribution in [-0.2, 0) is 0 Å². The molecule has 1 saturated heterocycles. The largest absolute Gasteiger partial charge is 0.363 e. The molecule has 8 nitrogen and oxygen atoms in total. The summed E-state index contributed by atoms with van der Waals surface area (Å²) in [6.07, 6.45) is 1.22. The summed E-state index contributed by atoms with van der Waals surface area (Å²) in [5.41, 5.74) is -0.0989. The van der Waals surface area contributed by atoms with Crippen LogP contribution in [0.2, 0.25) is 0 Å². The molecule has 1 aliphatic heterocycles. The molecule has 0 radical (unpaired) electrons. The zero-order valence-electron chi connectivity index (χ0n) is 11.3. The summed E-state index contributed by atoms with van der Waals surface area (Å²) in [4.78, 5) is 20.8. The van der Waals surface area contributed by atoms with Crippen molar-refractivity contribution in [3.63, 3.8) is 0 Å². The second-order valence-electron chi connectivity index (χ2n) is 4.32. The minimum atomic E-state index is -0.473. The monoisotopic (exact) mass is 298 g/mol. The van der Waals surface area contributed by atoms with Crippen LogP contribution in [-0.4, -0.2) is 64.5 Å². The summed E-state index contributed by atoms with van der Waals surface area (Å²) >= 11 is 1.96. The van der Waals surface area contributed by atoms with Crippen molar-refractivity contribution < 1.29 is 4.92 Å². The third-order valence-electron chi connectivity index (χ3n) is 3.01. The van der Waals surface area contributed by atoms with E-state index in [4.69, 9.17) is 0 Å². The number of anilines is 2. The molecule has 2 N–H and O–H groups in total. The van der Waals surface area contributed by atoms with Gasteiger partial charge in [-0.1, -0.05) is 0 Å². The van der Waals surface area contributed by atoms with Gasteiger partial charge in [-0.05, 0) is 0 Å². The highest BCUT2D eigenvalue weighted by atomic mass is 32.2. The molecule has 0 atom stereocenters. The topological polar surface area (TPSA) is 96.2 Å². The van der Waals surface area contributed by atoms with Gasteiger partial charge in [0.05, 0.1) is 4.92 Å². The third kappa shape index (κ3) is 3.94. The molecule has 0 aliphatic carbocycles. The number of hydrogen-bond acceptors (Lipinski definition) is 8. The van der Waals surface area contributed by atoms with Crippen LogP contribution < -0.4 is 10.6 Å². The van der Waals surface area contributed by atoms with Crippen LogP contribution in [0, 0.1) is 10.1 Å². The Balaban J connectivity index is 1.94. The summed E-state index contributed by atoms with van der Waals surface area (Å²) in [7, 11) is 1.68. The van der Waals surface area contributed by atoms with Crippen LogP contribution in [0.4, 0.5) is 17.5 Å². The molecule has 1 aromatic heterocycles. The Labute approximate surface area is 121 Å². The standard InChI is InChI=1S/C11H18N6O2S/c1-12-11-14-8-9(17(18)19)10(15-11)13-2-3-16-4-6-20-7-5-16/h8H,2-7H2,1H3,(H2,12,13,14,15). The second-order valence-corrected chi connectivity index (χ2v) is 5.54. The first-order chi connectivity index (χ1) is 9.70. The number of nitro groups is 1. The number of thioether (sulfide) groups is 1. The lowest BCUT2D eigenvalue weighted by atomic mass is 10.4. The van der Waals surface area contributed by atoms with E-state index in [1.54, 1.807) is 7.05 Å². The minimum Gasteiger partial charge on any atom is -0.363 e. The molecule has 2 rings (SSSR count). The zero-order valence-corrected chi connectivity index (χ0v) is 12.2. The molecule has 1 fully saturated rings. The van der Waals surface area contributed by atoms with Crippen LogP contribution in [0.3, 0.4) is 0 Å². The van der Waals surface area contributed by atoms with Gasteiger partial charge in [0.2, 0.25) is 11.8 Å². The van der Waals surface area contributed by atoms with Crippen molar-refractivity contribution in [3.05, 3.63) is 16.3 Å². The van der Waals surface area contributed by atoms with Crippen LogP contribution in [0.5, 0.6) is 0 Å². The fourth-order valence-corrected chi connectivity index (χ4v) is 2.90. The van der Waals surface area contributed by atoms with E-state index in [0.29, 0.717) is 12.5 Å². The predicted molar refractivity (Wildman–Crippen MR) is 80.5 cm³/mol. The van der Waals surface area contributed by atoms with Gasteiger partial charge in [-0.2, -0.15) is 16.7 Å². The molecule has 110 valence electrons.